The van der Waals surface area contributed by atoms with Crippen LogP contribution in [0.3, 0.4) is 0 Å². The van der Waals surface area contributed by atoms with Crippen LogP contribution in [-0.4, -0.2) is 28.2 Å². The maximum Gasteiger partial charge on any atom is 0.312 e. The lowest BCUT2D eigenvalue weighted by molar-refractivity contribution is -0.141. The summed E-state index contributed by atoms with van der Waals surface area (Å²) in [6.07, 6.45) is 1.26. The number of H-pyrrole nitrogens is 1. The quantitative estimate of drug-likeness (QED) is 0.500. The van der Waals surface area contributed by atoms with Gasteiger partial charge >= 0.3 is 5.97 Å². The molecule has 0 saturated heterocycles. The fourth-order valence-electron chi connectivity index (χ4n) is 3.57. The van der Waals surface area contributed by atoms with Crippen molar-refractivity contribution in [3.05, 3.63) is 82.9 Å². The van der Waals surface area contributed by atoms with Gasteiger partial charge in [-0.1, -0.05) is 42.5 Å². The highest BCUT2D eigenvalue weighted by molar-refractivity contribution is 5.93. The molecule has 0 aliphatic heterocycles. The molecule has 4 aromatic rings. The number of nitrogens with one attached hydrogen (secondary N) is 1. The summed E-state index contributed by atoms with van der Waals surface area (Å²) in [5, 5.41) is 10.8. The van der Waals surface area contributed by atoms with Gasteiger partial charge in [-0.2, -0.15) is 0 Å². The monoisotopic (exact) mass is 400 g/mol. The van der Waals surface area contributed by atoms with Crippen LogP contribution >= 0.6 is 0 Å². The molecule has 30 heavy (non-hydrogen) atoms. The number of phenols is 1. The van der Waals surface area contributed by atoms with Crippen LogP contribution in [0.2, 0.25) is 0 Å². The number of aromatic amines is 1. The van der Waals surface area contributed by atoms with E-state index in [0.717, 1.165) is 22.3 Å². The molecule has 0 radical (unpaired) electrons. The van der Waals surface area contributed by atoms with Gasteiger partial charge in [0.1, 0.15) is 11.3 Å². The third kappa shape index (κ3) is 3.43. The number of hydrogen-bond acceptors (Lipinski definition) is 5. The standard InChI is InChI=1S/C24H20N2O4/c1-14(24(29)30-2)16-8-9-18(15-6-4-3-5-7-15)19(10-16)17-11-20-22(21(27)12-17)25-13-26-23(20)28/h3-14,27H,1-2H3,(H,25,26,28). The highest BCUT2D eigenvalue weighted by Gasteiger charge is 2.19. The number of rotatable bonds is 4. The van der Waals surface area contributed by atoms with E-state index >= 15 is 0 Å². The van der Waals surface area contributed by atoms with E-state index in [-0.39, 0.29) is 28.2 Å². The number of aromatic hydroxyl groups is 1. The molecule has 4 rings (SSSR count). The van der Waals surface area contributed by atoms with E-state index in [1.165, 1.54) is 13.4 Å². The molecule has 1 heterocycles. The smallest absolute Gasteiger partial charge is 0.312 e. The van der Waals surface area contributed by atoms with Gasteiger partial charge in [-0.05, 0) is 52.9 Å². The molecule has 0 aliphatic rings. The fourth-order valence-corrected chi connectivity index (χ4v) is 3.57. The van der Waals surface area contributed by atoms with Crippen LogP contribution in [0.25, 0.3) is 33.2 Å². The number of carbonyl (C=O) groups excluding carboxylic acids is 1. The second kappa shape index (κ2) is 7.83. The summed E-state index contributed by atoms with van der Waals surface area (Å²) in [5.74, 6) is -0.882. The molecule has 0 amide bonds. The summed E-state index contributed by atoms with van der Waals surface area (Å²) in [6, 6.07) is 18.8. The second-order valence-electron chi connectivity index (χ2n) is 7.04. The Hall–Kier alpha value is -3.93. The van der Waals surface area contributed by atoms with Crippen molar-refractivity contribution >= 4 is 16.9 Å². The first-order chi connectivity index (χ1) is 14.5. The normalized spacial score (nSPS) is 11.9. The number of benzene rings is 3. The van der Waals surface area contributed by atoms with Gasteiger partial charge in [-0.3, -0.25) is 9.59 Å². The number of aromatic nitrogens is 2. The molecule has 1 aromatic heterocycles. The molecule has 1 unspecified atom stereocenters. The summed E-state index contributed by atoms with van der Waals surface area (Å²) >= 11 is 0. The zero-order chi connectivity index (χ0) is 21.3. The van der Waals surface area contributed by atoms with Crippen LogP contribution in [0.4, 0.5) is 0 Å². The van der Waals surface area contributed by atoms with Crippen molar-refractivity contribution in [1.82, 2.24) is 9.97 Å². The van der Waals surface area contributed by atoms with Crippen LogP contribution in [0.1, 0.15) is 18.4 Å². The van der Waals surface area contributed by atoms with Crippen molar-refractivity contribution < 1.29 is 14.6 Å². The van der Waals surface area contributed by atoms with Gasteiger partial charge in [0.05, 0.1) is 24.7 Å². The van der Waals surface area contributed by atoms with Gasteiger partial charge in [0.15, 0.2) is 0 Å². The number of fused-ring (bicyclic) bond motifs is 1. The minimum absolute atomic E-state index is 0.0842. The number of carbonyl (C=O) groups is 1. The zero-order valence-corrected chi connectivity index (χ0v) is 16.5. The van der Waals surface area contributed by atoms with Gasteiger partial charge in [0, 0.05) is 0 Å². The number of methoxy groups -OCH3 is 1. The van der Waals surface area contributed by atoms with Crippen molar-refractivity contribution in [2.24, 2.45) is 0 Å². The predicted octanol–water partition coefficient (Wildman–Crippen LogP) is 4.24. The van der Waals surface area contributed by atoms with Gasteiger partial charge < -0.3 is 14.8 Å². The SMILES string of the molecule is COC(=O)C(C)c1ccc(-c2ccccc2)c(-c2cc(O)c3nc[nH]c(=O)c3c2)c1. The van der Waals surface area contributed by atoms with Crippen molar-refractivity contribution in [2.75, 3.05) is 7.11 Å². The van der Waals surface area contributed by atoms with Crippen molar-refractivity contribution in [1.29, 1.82) is 0 Å². The number of phenolic OH excluding ortho intramolecular Hbond substituents is 1. The third-order valence-electron chi connectivity index (χ3n) is 5.22. The van der Waals surface area contributed by atoms with Crippen molar-refractivity contribution in [2.45, 2.75) is 12.8 Å². The third-order valence-corrected chi connectivity index (χ3v) is 5.22. The fraction of sp³-hybridized carbons (Fsp3) is 0.125. The largest absolute Gasteiger partial charge is 0.506 e. The molecule has 150 valence electrons. The summed E-state index contributed by atoms with van der Waals surface area (Å²) in [7, 11) is 1.36. The zero-order valence-electron chi connectivity index (χ0n) is 16.5. The van der Waals surface area contributed by atoms with E-state index in [2.05, 4.69) is 9.97 Å². The van der Waals surface area contributed by atoms with Crippen LogP contribution in [0.5, 0.6) is 5.75 Å². The predicted molar refractivity (Wildman–Crippen MR) is 115 cm³/mol. The molecule has 0 aliphatic carbocycles. The molecular formula is C24H20N2O4. The Morgan fingerprint density at radius 1 is 1.03 bits per heavy atom. The summed E-state index contributed by atoms with van der Waals surface area (Å²) in [6.45, 7) is 1.78. The minimum atomic E-state index is -0.460. The molecule has 2 N–H and O–H groups in total. The number of esters is 1. The number of ether oxygens (including phenoxy) is 1. The van der Waals surface area contributed by atoms with Crippen molar-refractivity contribution in [3.8, 4) is 28.0 Å². The van der Waals surface area contributed by atoms with Gasteiger partial charge in [-0.15, -0.1) is 0 Å². The number of hydrogen-bond donors (Lipinski definition) is 2. The molecule has 3 aromatic carbocycles. The maximum atomic E-state index is 12.3. The maximum absolute atomic E-state index is 12.3. The molecule has 6 heteroatoms. The van der Waals surface area contributed by atoms with Crippen LogP contribution in [0.15, 0.2) is 71.8 Å². The van der Waals surface area contributed by atoms with E-state index < -0.39 is 5.92 Å². The molecular weight excluding hydrogens is 380 g/mol. The number of nitrogens with zero attached hydrogens (tertiary/aromatic N) is 1. The Labute approximate surface area is 172 Å². The Morgan fingerprint density at radius 3 is 2.53 bits per heavy atom. The topological polar surface area (TPSA) is 92.3 Å². The van der Waals surface area contributed by atoms with E-state index in [9.17, 15) is 14.7 Å². The van der Waals surface area contributed by atoms with Gasteiger partial charge in [0.25, 0.3) is 5.56 Å². The van der Waals surface area contributed by atoms with Crippen LogP contribution < -0.4 is 5.56 Å². The van der Waals surface area contributed by atoms with Gasteiger partial charge in [0.2, 0.25) is 0 Å². The molecule has 0 fully saturated rings. The molecule has 0 spiro atoms. The molecule has 1 atom stereocenters. The van der Waals surface area contributed by atoms with E-state index in [0.29, 0.717) is 5.56 Å². The first kappa shape index (κ1) is 19.4. The molecule has 0 bridgehead atoms. The Morgan fingerprint density at radius 2 is 1.80 bits per heavy atom. The van der Waals surface area contributed by atoms with Crippen LogP contribution in [-0.2, 0) is 9.53 Å². The van der Waals surface area contributed by atoms with Gasteiger partial charge in [-0.25, -0.2) is 4.98 Å². The van der Waals surface area contributed by atoms with E-state index in [4.69, 9.17) is 4.74 Å². The van der Waals surface area contributed by atoms with E-state index in [1.54, 1.807) is 19.1 Å². The lowest BCUT2D eigenvalue weighted by Gasteiger charge is -2.16. The highest BCUT2D eigenvalue weighted by Crippen LogP contribution is 2.37. The Bertz CT molecular complexity index is 1300. The van der Waals surface area contributed by atoms with E-state index in [1.807, 2.05) is 48.5 Å². The molecule has 6 nitrogen and oxygen atoms in total. The average Bonchev–Trinajstić information content (AvgIpc) is 2.79. The van der Waals surface area contributed by atoms with Crippen molar-refractivity contribution in [3.63, 3.8) is 0 Å². The highest BCUT2D eigenvalue weighted by atomic mass is 16.5. The summed E-state index contributed by atoms with van der Waals surface area (Å²) in [5.41, 5.74) is 4.00. The lowest BCUT2D eigenvalue weighted by atomic mass is 9.89. The Kier molecular flexibility index (Phi) is 5.06. The minimum Gasteiger partial charge on any atom is -0.506 e. The first-order valence-electron chi connectivity index (χ1n) is 9.47. The first-order valence-corrected chi connectivity index (χ1v) is 9.47. The Balaban J connectivity index is 1.99. The lowest BCUT2D eigenvalue weighted by Crippen LogP contribution is -2.11. The average molecular weight is 400 g/mol. The summed E-state index contributed by atoms with van der Waals surface area (Å²) in [4.78, 5) is 31.0. The molecule has 0 saturated carbocycles. The second-order valence-corrected chi connectivity index (χ2v) is 7.04. The van der Waals surface area contributed by atoms with Crippen LogP contribution in [0, 0.1) is 0 Å². The summed E-state index contributed by atoms with van der Waals surface area (Å²) < 4.78 is 4.89.